The molecule has 0 bridgehead atoms. The quantitative estimate of drug-likeness (QED) is 0.159. The average molecular weight is 591 g/mol. The van der Waals surface area contributed by atoms with Crippen LogP contribution in [0.25, 0.3) is 76.5 Å². The highest BCUT2D eigenvalue weighted by Gasteiger charge is 2.38. The van der Waals surface area contributed by atoms with Gasteiger partial charge in [-0.3, -0.25) is 0 Å². The van der Waals surface area contributed by atoms with Gasteiger partial charge in [0.15, 0.2) is 0 Å². The van der Waals surface area contributed by atoms with Crippen molar-refractivity contribution in [2.24, 2.45) is 0 Å². The lowest BCUT2D eigenvalue weighted by Gasteiger charge is -2.24. The fourth-order valence-electron chi connectivity index (χ4n) is 8.04. The van der Waals surface area contributed by atoms with Gasteiger partial charge in [-0.15, -0.1) is 0 Å². The van der Waals surface area contributed by atoms with E-state index in [2.05, 4.69) is 141 Å². The highest BCUT2D eigenvalue weighted by atomic mass is 16.4. The zero-order valence-corrected chi connectivity index (χ0v) is 25.8. The van der Waals surface area contributed by atoms with E-state index in [4.69, 9.17) is 0 Å². The molecule has 0 amide bonds. The van der Waals surface area contributed by atoms with Gasteiger partial charge >= 0.3 is 7.12 Å². The SMILES string of the molecule is CC1(C)c2cc(B(O)O)ccc2-c2c1cc(-c1c3ccccc3c(-c3ccc4ccccc4c3)c3ccccc13)c1ccccc21. The normalized spacial score (nSPS) is 13.4. The third-order valence-electron chi connectivity index (χ3n) is 10.2. The summed E-state index contributed by atoms with van der Waals surface area (Å²) in [6, 6.07) is 50.1. The molecule has 0 saturated heterocycles. The Morgan fingerprint density at radius 2 is 0.978 bits per heavy atom. The Morgan fingerprint density at radius 1 is 0.435 bits per heavy atom. The number of rotatable bonds is 3. The van der Waals surface area contributed by atoms with E-state index in [1.54, 1.807) is 0 Å². The van der Waals surface area contributed by atoms with Crippen LogP contribution in [0.5, 0.6) is 0 Å². The van der Waals surface area contributed by atoms with Gasteiger partial charge in [-0.1, -0.05) is 141 Å². The van der Waals surface area contributed by atoms with Crippen LogP contribution in [0.4, 0.5) is 0 Å². The molecule has 46 heavy (non-hydrogen) atoms. The van der Waals surface area contributed by atoms with Crippen LogP contribution in [0, 0.1) is 0 Å². The zero-order valence-electron chi connectivity index (χ0n) is 25.8. The van der Waals surface area contributed by atoms with Crippen molar-refractivity contribution in [1.29, 1.82) is 0 Å². The minimum Gasteiger partial charge on any atom is -0.423 e. The van der Waals surface area contributed by atoms with Crippen molar-refractivity contribution in [3.05, 3.63) is 151 Å². The summed E-state index contributed by atoms with van der Waals surface area (Å²) in [4.78, 5) is 0. The number of fused-ring (bicyclic) bond motifs is 8. The van der Waals surface area contributed by atoms with Crippen molar-refractivity contribution < 1.29 is 10.0 Å². The van der Waals surface area contributed by atoms with Crippen molar-refractivity contribution in [2.75, 3.05) is 0 Å². The Balaban J connectivity index is 1.40. The Hall–Kier alpha value is -5.22. The molecule has 0 saturated carbocycles. The van der Waals surface area contributed by atoms with Crippen molar-refractivity contribution in [3.8, 4) is 33.4 Å². The van der Waals surface area contributed by atoms with E-state index in [-0.39, 0.29) is 5.41 Å². The minimum atomic E-state index is -1.50. The first-order chi connectivity index (χ1) is 22.4. The molecule has 2 N–H and O–H groups in total. The molecule has 9 rings (SSSR count). The second kappa shape index (κ2) is 9.89. The highest BCUT2D eigenvalue weighted by Crippen LogP contribution is 2.54. The largest absolute Gasteiger partial charge is 0.488 e. The van der Waals surface area contributed by atoms with Gasteiger partial charge in [0, 0.05) is 5.41 Å². The number of hydrogen-bond acceptors (Lipinski definition) is 2. The van der Waals surface area contributed by atoms with E-state index in [1.165, 1.54) is 76.5 Å². The summed E-state index contributed by atoms with van der Waals surface area (Å²) >= 11 is 0. The van der Waals surface area contributed by atoms with Gasteiger partial charge in [0.05, 0.1) is 0 Å². The van der Waals surface area contributed by atoms with E-state index in [0.29, 0.717) is 5.46 Å². The van der Waals surface area contributed by atoms with Gasteiger partial charge in [-0.2, -0.15) is 0 Å². The molecule has 0 aliphatic heterocycles. The fourth-order valence-corrected chi connectivity index (χ4v) is 8.04. The monoisotopic (exact) mass is 590 g/mol. The molecule has 0 aromatic heterocycles. The Kier molecular flexibility index (Phi) is 5.83. The van der Waals surface area contributed by atoms with Crippen LogP contribution in [0.15, 0.2) is 140 Å². The van der Waals surface area contributed by atoms with Crippen LogP contribution in [-0.4, -0.2) is 17.2 Å². The first-order valence-corrected chi connectivity index (χ1v) is 15.9. The lowest BCUT2D eigenvalue weighted by Crippen LogP contribution is -2.31. The summed E-state index contributed by atoms with van der Waals surface area (Å²) in [5.74, 6) is 0. The lowest BCUT2D eigenvalue weighted by molar-refractivity contribution is 0.425. The van der Waals surface area contributed by atoms with Gasteiger partial charge in [-0.25, -0.2) is 0 Å². The maximum atomic E-state index is 10.0. The molecule has 1 aliphatic rings. The predicted octanol–water partition coefficient (Wildman–Crippen LogP) is 9.62. The van der Waals surface area contributed by atoms with Crippen LogP contribution in [0.1, 0.15) is 25.0 Å². The molecule has 0 heterocycles. The summed E-state index contributed by atoms with van der Waals surface area (Å²) in [7, 11) is -1.50. The Bertz CT molecular complexity index is 2490. The second-order valence-corrected chi connectivity index (χ2v) is 13.1. The molecule has 1 aliphatic carbocycles. The van der Waals surface area contributed by atoms with Gasteiger partial charge in [0.25, 0.3) is 0 Å². The smallest absolute Gasteiger partial charge is 0.423 e. The summed E-state index contributed by atoms with van der Waals surface area (Å²) in [5, 5.41) is 29.9. The molecule has 0 atom stereocenters. The van der Waals surface area contributed by atoms with E-state index in [0.717, 1.165) is 11.1 Å². The van der Waals surface area contributed by atoms with Crippen LogP contribution >= 0.6 is 0 Å². The van der Waals surface area contributed by atoms with Crippen molar-refractivity contribution in [1.82, 2.24) is 0 Å². The van der Waals surface area contributed by atoms with Crippen molar-refractivity contribution in [2.45, 2.75) is 19.3 Å². The molecule has 8 aromatic carbocycles. The standard InChI is InChI=1S/C43H31BO2/c1-43(2)38-24-29(44(45)46)21-22-36(38)42-31-14-6-5-13-30(31)37(25-39(42)43)41-34-17-9-7-15-32(34)40(33-16-8-10-18-35(33)41)28-20-19-26-11-3-4-12-27(26)23-28/h3-25,45-46H,1-2H3. The maximum Gasteiger partial charge on any atom is 0.488 e. The van der Waals surface area contributed by atoms with E-state index >= 15 is 0 Å². The summed E-state index contributed by atoms with van der Waals surface area (Å²) in [5.41, 5.74) is 9.90. The van der Waals surface area contributed by atoms with E-state index in [9.17, 15) is 10.0 Å². The fraction of sp³-hybridized carbons (Fsp3) is 0.0698. The second-order valence-electron chi connectivity index (χ2n) is 13.1. The van der Waals surface area contributed by atoms with Gasteiger partial charge in [0.1, 0.15) is 0 Å². The van der Waals surface area contributed by atoms with Crippen LogP contribution in [0.2, 0.25) is 0 Å². The van der Waals surface area contributed by atoms with Crippen molar-refractivity contribution >= 4 is 55.7 Å². The van der Waals surface area contributed by atoms with E-state index < -0.39 is 7.12 Å². The molecule has 3 heteroatoms. The summed E-state index contributed by atoms with van der Waals surface area (Å²) < 4.78 is 0. The molecule has 0 spiro atoms. The summed E-state index contributed by atoms with van der Waals surface area (Å²) in [6.07, 6.45) is 0. The lowest BCUT2D eigenvalue weighted by atomic mass is 9.75. The Labute approximate surface area is 268 Å². The number of hydrogen-bond donors (Lipinski definition) is 2. The Morgan fingerprint density at radius 3 is 1.61 bits per heavy atom. The molecule has 0 radical (unpaired) electrons. The maximum absolute atomic E-state index is 10.0. The van der Waals surface area contributed by atoms with Crippen LogP contribution in [-0.2, 0) is 5.41 Å². The topological polar surface area (TPSA) is 40.5 Å². The number of benzene rings is 8. The van der Waals surface area contributed by atoms with Crippen LogP contribution in [0.3, 0.4) is 0 Å². The first-order valence-electron chi connectivity index (χ1n) is 15.9. The summed E-state index contributed by atoms with van der Waals surface area (Å²) in [6.45, 7) is 4.51. The molecule has 0 fully saturated rings. The molecule has 8 aromatic rings. The highest BCUT2D eigenvalue weighted by molar-refractivity contribution is 6.58. The van der Waals surface area contributed by atoms with Crippen molar-refractivity contribution in [3.63, 3.8) is 0 Å². The van der Waals surface area contributed by atoms with Gasteiger partial charge in [0.2, 0.25) is 0 Å². The molecule has 0 unspecified atom stereocenters. The third-order valence-corrected chi connectivity index (χ3v) is 10.2. The zero-order chi connectivity index (χ0) is 31.2. The molecular formula is C43H31BO2. The average Bonchev–Trinajstić information content (AvgIpc) is 3.32. The third kappa shape index (κ3) is 3.80. The predicted molar refractivity (Wildman–Crippen MR) is 195 cm³/mol. The molecular weight excluding hydrogens is 559 g/mol. The van der Waals surface area contributed by atoms with Gasteiger partial charge in [-0.05, 0) is 105 Å². The van der Waals surface area contributed by atoms with Crippen LogP contribution < -0.4 is 5.46 Å². The molecule has 218 valence electrons. The van der Waals surface area contributed by atoms with E-state index in [1.807, 2.05) is 12.1 Å². The molecule has 2 nitrogen and oxygen atoms in total. The minimum absolute atomic E-state index is 0.328. The first kappa shape index (κ1) is 27.1. The van der Waals surface area contributed by atoms with Gasteiger partial charge < -0.3 is 10.0 Å².